The first kappa shape index (κ1) is 46.0. The molecule has 0 saturated heterocycles. The number of hydrogen-bond donors (Lipinski definition) is 0. The van der Waals surface area contributed by atoms with Gasteiger partial charge in [-0.3, -0.25) is 0 Å². The van der Waals surface area contributed by atoms with Crippen molar-refractivity contribution in [1.82, 2.24) is 0 Å². The molecule has 278 valence electrons. The van der Waals surface area contributed by atoms with E-state index in [1.807, 2.05) is 0 Å². The number of unbranched alkanes of at least 4 members (excludes halogenated alkanes) is 33. The standard InChI is InChI=1S/C46H94/c1-5-7-9-11-13-15-16-17-18-19-20-21-22-23-24-25-26-27-28-29-30-31-33-35-37-39-42-46(4)44-40-43-45(3)41-38-36-34-32-14-12-10-8-6-2/h45-46H,5-44H2,1-4H3. The Balaban J connectivity index is 3.20. The summed E-state index contributed by atoms with van der Waals surface area (Å²) in [4.78, 5) is 0. The largest absolute Gasteiger partial charge is 0.0654 e. The van der Waals surface area contributed by atoms with Crippen molar-refractivity contribution >= 4 is 0 Å². The molecular formula is C46H94. The van der Waals surface area contributed by atoms with Crippen molar-refractivity contribution < 1.29 is 0 Å². The van der Waals surface area contributed by atoms with Gasteiger partial charge in [0.2, 0.25) is 0 Å². The van der Waals surface area contributed by atoms with Crippen LogP contribution in [0.15, 0.2) is 0 Å². The summed E-state index contributed by atoms with van der Waals surface area (Å²) >= 11 is 0. The molecule has 0 N–H and O–H groups in total. The second-order valence-electron chi connectivity index (χ2n) is 16.4. The van der Waals surface area contributed by atoms with E-state index in [2.05, 4.69) is 27.7 Å². The van der Waals surface area contributed by atoms with Crippen LogP contribution in [0.1, 0.15) is 285 Å². The molecule has 0 saturated carbocycles. The Labute approximate surface area is 295 Å². The maximum atomic E-state index is 2.52. The molecule has 2 unspecified atom stereocenters. The first-order valence-electron chi connectivity index (χ1n) is 22.7. The van der Waals surface area contributed by atoms with Gasteiger partial charge in [0.25, 0.3) is 0 Å². The summed E-state index contributed by atoms with van der Waals surface area (Å²) in [6.45, 7) is 9.65. The Morgan fingerprint density at radius 1 is 0.196 bits per heavy atom. The maximum Gasteiger partial charge on any atom is -0.0443 e. The molecule has 0 bridgehead atoms. The fourth-order valence-corrected chi connectivity index (χ4v) is 7.72. The van der Waals surface area contributed by atoms with Gasteiger partial charge in [0.1, 0.15) is 0 Å². The predicted molar refractivity (Wildman–Crippen MR) is 214 cm³/mol. The minimum absolute atomic E-state index is 0.953. The van der Waals surface area contributed by atoms with Gasteiger partial charge >= 0.3 is 0 Å². The van der Waals surface area contributed by atoms with Crippen LogP contribution in [0.2, 0.25) is 0 Å². The lowest BCUT2D eigenvalue weighted by molar-refractivity contribution is 0.390. The maximum absolute atomic E-state index is 2.52. The van der Waals surface area contributed by atoms with E-state index in [-0.39, 0.29) is 0 Å². The molecule has 0 aliphatic rings. The smallest absolute Gasteiger partial charge is 0.0443 e. The molecule has 0 aromatic rings. The van der Waals surface area contributed by atoms with E-state index in [1.54, 1.807) is 0 Å². The Hall–Kier alpha value is 0. The molecule has 0 aromatic carbocycles. The van der Waals surface area contributed by atoms with Crippen molar-refractivity contribution in [3.8, 4) is 0 Å². The van der Waals surface area contributed by atoms with Gasteiger partial charge in [-0.1, -0.05) is 285 Å². The van der Waals surface area contributed by atoms with E-state index in [0.29, 0.717) is 0 Å². The zero-order valence-electron chi connectivity index (χ0n) is 33.4. The second kappa shape index (κ2) is 41.2. The van der Waals surface area contributed by atoms with Crippen LogP contribution in [0, 0.1) is 11.8 Å². The first-order chi connectivity index (χ1) is 22.7. The van der Waals surface area contributed by atoms with Crippen molar-refractivity contribution in [2.24, 2.45) is 11.8 Å². The third-order valence-corrected chi connectivity index (χ3v) is 11.2. The lowest BCUT2D eigenvalue weighted by atomic mass is 9.92. The molecule has 0 aliphatic heterocycles. The molecule has 0 fully saturated rings. The van der Waals surface area contributed by atoms with Crippen LogP contribution in [0.25, 0.3) is 0 Å². The molecule has 0 heterocycles. The summed E-state index contributed by atoms with van der Waals surface area (Å²) in [5, 5.41) is 0. The van der Waals surface area contributed by atoms with Gasteiger partial charge in [0.15, 0.2) is 0 Å². The van der Waals surface area contributed by atoms with Gasteiger partial charge in [-0.05, 0) is 11.8 Å². The van der Waals surface area contributed by atoms with Crippen LogP contribution in [-0.2, 0) is 0 Å². The van der Waals surface area contributed by atoms with Gasteiger partial charge in [-0.15, -0.1) is 0 Å². The Kier molecular flexibility index (Phi) is 41.2. The van der Waals surface area contributed by atoms with Crippen molar-refractivity contribution in [3.05, 3.63) is 0 Å². The molecule has 0 radical (unpaired) electrons. The summed E-state index contributed by atoms with van der Waals surface area (Å²) in [6, 6.07) is 0. The zero-order valence-corrected chi connectivity index (χ0v) is 33.4. The molecule has 46 heavy (non-hydrogen) atoms. The molecule has 2 atom stereocenters. The van der Waals surface area contributed by atoms with Gasteiger partial charge in [-0.25, -0.2) is 0 Å². The number of rotatable bonds is 41. The van der Waals surface area contributed by atoms with Crippen LogP contribution >= 0.6 is 0 Å². The average Bonchev–Trinajstić information content (AvgIpc) is 3.05. The van der Waals surface area contributed by atoms with Crippen LogP contribution in [0.4, 0.5) is 0 Å². The third-order valence-electron chi connectivity index (χ3n) is 11.2. The molecule has 0 aromatic heterocycles. The zero-order chi connectivity index (χ0) is 33.4. The topological polar surface area (TPSA) is 0 Å². The quantitative estimate of drug-likeness (QED) is 0.0580. The molecule has 0 aliphatic carbocycles. The summed E-state index contributed by atoms with van der Waals surface area (Å²) in [5.41, 5.74) is 0. The van der Waals surface area contributed by atoms with Crippen molar-refractivity contribution in [3.63, 3.8) is 0 Å². The molecule has 0 amide bonds. The Morgan fingerprint density at radius 2 is 0.348 bits per heavy atom. The van der Waals surface area contributed by atoms with E-state index >= 15 is 0 Å². The summed E-state index contributed by atoms with van der Waals surface area (Å²) < 4.78 is 0. The minimum Gasteiger partial charge on any atom is -0.0654 e. The molecule has 0 heteroatoms. The Morgan fingerprint density at radius 3 is 0.543 bits per heavy atom. The normalized spacial score (nSPS) is 13.0. The number of hydrogen-bond acceptors (Lipinski definition) is 0. The van der Waals surface area contributed by atoms with E-state index in [9.17, 15) is 0 Å². The summed E-state index contributed by atoms with van der Waals surface area (Å²) in [7, 11) is 0. The van der Waals surface area contributed by atoms with Crippen LogP contribution in [-0.4, -0.2) is 0 Å². The van der Waals surface area contributed by atoms with Crippen LogP contribution < -0.4 is 0 Å². The molecule has 0 rings (SSSR count). The minimum atomic E-state index is 0.953. The highest BCUT2D eigenvalue weighted by atomic mass is 14.1. The fraction of sp³-hybridized carbons (Fsp3) is 1.00. The van der Waals surface area contributed by atoms with E-state index in [1.165, 1.54) is 257 Å². The van der Waals surface area contributed by atoms with Crippen molar-refractivity contribution in [1.29, 1.82) is 0 Å². The van der Waals surface area contributed by atoms with Gasteiger partial charge in [0, 0.05) is 0 Å². The average molecular weight is 647 g/mol. The van der Waals surface area contributed by atoms with E-state index in [4.69, 9.17) is 0 Å². The lowest BCUT2D eigenvalue weighted by Gasteiger charge is -2.14. The summed E-state index contributed by atoms with van der Waals surface area (Å²) in [6.07, 6.45) is 59.1. The SMILES string of the molecule is CCCCCCCCCCCCCCCCCCCCCCCCCCCCC(C)CCCC(C)CCCCCCCCCCC. The highest BCUT2D eigenvalue weighted by Gasteiger charge is 2.06. The highest BCUT2D eigenvalue weighted by Crippen LogP contribution is 2.22. The van der Waals surface area contributed by atoms with Crippen molar-refractivity contribution in [2.75, 3.05) is 0 Å². The monoisotopic (exact) mass is 647 g/mol. The lowest BCUT2D eigenvalue weighted by Crippen LogP contribution is -1.99. The van der Waals surface area contributed by atoms with Gasteiger partial charge in [-0.2, -0.15) is 0 Å². The molecule has 0 nitrogen and oxygen atoms in total. The van der Waals surface area contributed by atoms with E-state index < -0.39 is 0 Å². The first-order valence-corrected chi connectivity index (χ1v) is 22.7. The Bertz CT molecular complexity index is 508. The third kappa shape index (κ3) is 40.2. The van der Waals surface area contributed by atoms with Gasteiger partial charge in [0.05, 0.1) is 0 Å². The predicted octanol–water partition coefficient (Wildman–Crippen LogP) is 17.9. The fourth-order valence-electron chi connectivity index (χ4n) is 7.72. The second-order valence-corrected chi connectivity index (χ2v) is 16.4. The summed E-state index contributed by atoms with van der Waals surface area (Å²) in [5.74, 6) is 1.91. The van der Waals surface area contributed by atoms with Gasteiger partial charge < -0.3 is 0 Å². The van der Waals surface area contributed by atoms with E-state index in [0.717, 1.165) is 11.8 Å². The van der Waals surface area contributed by atoms with Crippen LogP contribution in [0.5, 0.6) is 0 Å². The molecule has 0 spiro atoms. The molecular weight excluding hydrogens is 553 g/mol. The highest BCUT2D eigenvalue weighted by molar-refractivity contribution is 4.60. The van der Waals surface area contributed by atoms with Crippen molar-refractivity contribution in [2.45, 2.75) is 285 Å². The van der Waals surface area contributed by atoms with Crippen LogP contribution in [0.3, 0.4) is 0 Å².